The number of carbonyl (C=O) groups excluding carboxylic acids is 2. The van der Waals surface area contributed by atoms with Crippen molar-refractivity contribution >= 4 is 52.4 Å². The molecule has 42 heavy (non-hydrogen) atoms. The molecular formula is C32H36Cl2N5O3+. The lowest BCUT2D eigenvalue weighted by atomic mass is 9.86. The van der Waals surface area contributed by atoms with Gasteiger partial charge in [0, 0.05) is 35.5 Å². The second kappa shape index (κ2) is 13.0. The van der Waals surface area contributed by atoms with Gasteiger partial charge in [0.25, 0.3) is 0 Å². The summed E-state index contributed by atoms with van der Waals surface area (Å²) in [6.45, 7) is 9.83. The Morgan fingerprint density at radius 2 is 1.76 bits per heavy atom. The third-order valence-corrected chi connectivity index (χ3v) is 7.76. The highest BCUT2D eigenvalue weighted by Crippen LogP contribution is 2.41. The fourth-order valence-corrected chi connectivity index (χ4v) is 5.60. The smallest absolute Gasteiger partial charge is 0.328 e. The average molecular weight is 610 g/mol. The average Bonchev–Trinajstić information content (AvgIpc) is 2.92. The molecule has 220 valence electrons. The molecule has 1 heterocycles. The van der Waals surface area contributed by atoms with Crippen LogP contribution in [0, 0.1) is 25.2 Å². The Bertz CT molecular complexity index is 1580. The van der Waals surface area contributed by atoms with Crippen LogP contribution in [0.4, 0.5) is 16.2 Å². The van der Waals surface area contributed by atoms with Gasteiger partial charge < -0.3 is 10.1 Å². The van der Waals surface area contributed by atoms with Crippen molar-refractivity contribution in [3.05, 3.63) is 98.2 Å². The molecule has 0 bridgehead atoms. The Labute approximate surface area is 256 Å². The van der Waals surface area contributed by atoms with E-state index >= 15 is 0 Å². The van der Waals surface area contributed by atoms with Crippen molar-refractivity contribution in [3.63, 3.8) is 0 Å². The minimum absolute atomic E-state index is 0.0172. The van der Waals surface area contributed by atoms with Crippen LogP contribution in [0.25, 0.3) is 0 Å². The number of hydrogen-bond donors (Lipinski definition) is 4. The van der Waals surface area contributed by atoms with Gasteiger partial charge in [0.2, 0.25) is 5.91 Å². The van der Waals surface area contributed by atoms with Crippen LogP contribution in [0.1, 0.15) is 49.1 Å². The van der Waals surface area contributed by atoms with E-state index in [1.54, 1.807) is 30.2 Å². The lowest BCUT2D eigenvalue weighted by Crippen LogP contribution is -2.78. The number of nitrogens with two attached hydrogens (primary N) is 1. The van der Waals surface area contributed by atoms with Crippen LogP contribution in [0.15, 0.2) is 65.9 Å². The van der Waals surface area contributed by atoms with E-state index in [1.807, 2.05) is 55.6 Å². The molecule has 1 fully saturated rings. The molecule has 1 saturated heterocycles. The number of carbonyl (C=O) groups is 2. The summed E-state index contributed by atoms with van der Waals surface area (Å²) < 4.78 is 5.70. The number of anilines is 1. The van der Waals surface area contributed by atoms with Crippen LogP contribution < -0.4 is 25.6 Å². The van der Waals surface area contributed by atoms with E-state index in [-0.39, 0.29) is 17.7 Å². The predicted octanol–water partition coefficient (Wildman–Crippen LogP) is 6.31. The predicted molar refractivity (Wildman–Crippen MR) is 168 cm³/mol. The molecule has 5 N–H and O–H groups in total. The first-order valence-electron chi connectivity index (χ1n) is 13.6. The standard InChI is InChI=1S/C32H35Cl2N5O3/c1-17(2)29(37-25-14-21(16-36-20(5)40)8-12-27(25)42-6)28-30(24-11-10-22(33)13-19(24)4)39(32(41)38-31(28)35)26-15-23(34)9-7-18(26)3/h7-15,17,30,37H,16H2,1-6H3,(H,36,40)(H2,35,38,41)/p+1/b29-28-. The monoisotopic (exact) mass is 608 g/mol. The number of hydrogen-bond acceptors (Lipinski definition) is 4. The van der Waals surface area contributed by atoms with Gasteiger partial charge in [-0.3, -0.25) is 25.7 Å². The lowest BCUT2D eigenvalue weighted by Gasteiger charge is -2.40. The van der Waals surface area contributed by atoms with Crippen LogP contribution >= 0.6 is 23.2 Å². The van der Waals surface area contributed by atoms with Gasteiger partial charge in [-0.1, -0.05) is 55.2 Å². The van der Waals surface area contributed by atoms with Gasteiger partial charge in [-0.05, 0) is 66.4 Å². The molecule has 4 rings (SSSR count). The van der Waals surface area contributed by atoms with E-state index in [9.17, 15) is 9.59 Å². The van der Waals surface area contributed by atoms with E-state index in [1.165, 1.54) is 6.92 Å². The minimum Gasteiger partial charge on any atom is -0.491 e. The fourth-order valence-electron chi connectivity index (χ4n) is 5.21. The number of amides is 3. The summed E-state index contributed by atoms with van der Waals surface area (Å²) >= 11 is 12.8. The van der Waals surface area contributed by atoms with Crippen molar-refractivity contribution in [2.75, 3.05) is 12.0 Å². The number of rotatable bonds is 8. The Balaban J connectivity index is 1.98. The third kappa shape index (κ3) is 6.62. The first-order valence-corrected chi connectivity index (χ1v) is 14.4. The molecule has 8 nitrogen and oxygen atoms in total. The highest BCUT2D eigenvalue weighted by molar-refractivity contribution is 6.31. The number of urea groups is 1. The first-order chi connectivity index (χ1) is 19.9. The number of amidine groups is 1. The highest BCUT2D eigenvalue weighted by atomic mass is 35.5. The molecule has 0 aliphatic carbocycles. The SMILES string of the molecule is COc1ccc(CNC(C)=O)cc1[NH2+]/C(=C1\C(=N)NC(=O)N(c2cc(Cl)ccc2C)C1c1ccc(Cl)cc1C)C(C)C. The van der Waals surface area contributed by atoms with Gasteiger partial charge in [-0.25, -0.2) is 4.79 Å². The highest BCUT2D eigenvalue weighted by Gasteiger charge is 2.42. The topological polar surface area (TPSA) is 111 Å². The second-order valence-electron chi connectivity index (χ2n) is 10.7. The van der Waals surface area contributed by atoms with Crippen LogP contribution in [0.5, 0.6) is 5.75 Å². The van der Waals surface area contributed by atoms with Crippen molar-refractivity contribution in [2.45, 2.75) is 47.2 Å². The van der Waals surface area contributed by atoms with Gasteiger partial charge in [0.1, 0.15) is 11.5 Å². The van der Waals surface area contributed by atoms with Crippen molar-refractivity contribution < 1.29 is 19.6 Å². The molecule has 1 unspecified atom stereocenters. The second-order valence-corrected chi connectivity index (χ2v) is 11.5. The molecule has 0 aromatic heterocycles. The zero-order valence-electron chi connectivity index (χ0n) is 24.6. The number of aryl methyl sites for hydroxylation is 2. The third-order valence-electron chi connectivity index (χ3n) is 7.29. The van der Waals surface area contributed by atoms with E-state index < -0.39 is 12.1 Å². The zero-order chi connectivity index (χ0) is 30.7. The Hall–Kier alpha value is -3.85. The zero-order valence-corrected chi connectivity index (χ0v) is 26.1. The largest absolute Gasteiger partial charge is 0.491 e. The van der Waals surface area contributed by atoms with Crippen LogP contribution in [-0.4, -0.2) is 24.9 Å². The van der Waals surface area contributed by atoms with Crippen molar-refractivity contribution in [1.82, 2.24) is 10.6 Å². The van der Waals surface area contributed by atoms with Gasteiger partial charge in [-0.2, -0.15) is 0 Å². The number of methoxy groups -OCH3 is 1. The molecule has 1 aliphatic heterocycles. The molecule has 0 radical (unpaired) electrons. The Morgan fingerprint density at radius 3 is 2.40 bits per heavy atom. The molecule has 0 saturated carbocycles. The quantitative estimate of drug-likeness (QED) is 0.225. The molecule has 1 atom stereocenters. The summed E-state index contributed by atoms with van der Waals surface area (Å²) in [5.74, 6) is 0.499. The molecule has 1 aliphatic rings. The number of allylic oxidation sites excluding steroid dienone is 1. The van der Waals surface area contributed by atoms with Crippen LogP contribution in [0.2, 0.25) is 10.0 Å². The van der Waals surface area contributed by atoms with Crippen molar-refractivity contribution in [1.29, 1.82) is 5.41 Å². The summed E-state index contributed by atoms with van der Waals surface area (Å²) in [6.07, 6.45) is 0. The Morgan fingerprint density at radius 1 is 1.07 bits per heavy atom. The van der Waals surface area contributed by atoms with Gasteiger partial charge >= 0.3 is 6.03 Å². The normalized spacial score (nSPS) is 16.4. The molecule has 3 aromatic rings. The minimum atomic E-state index is -0.650. The van der Waals surface area contributed by atoms with E-state index in [0.717, 1.165) is 33.6 Å². The van der Waals surface area contributed by atoms with E-state index in [4.69, 9.17) is 33.3 Å². The van der Waals surface area contributed by atoms with Gasteiger partial charge in [0.15, 0.2) is 11.4 Å². The summed E-state index contributed by atoms with van der Waals surface area (Å²) in [4.78, 5) is 26.9. The maximum absolute atomic E-state index is 13.7. The van der Waals surface area contributed by atoms with E-state index in [2.05, 4.69) is 24.5 Å². The van der Waals surface area contributed by atoms with Crippen molar-refractivity contribution in [3.8, 4) is 5.75 Å². The molecular weight excluding hydrogens is 573 g/mol. The summed E-state index contributed by atoms with van der Waals surface area (Å²) in [5, 5.41) is 17.8. The number of nitrogens with zero attached hydrogens (tertiary/aromatic N) is 1. The number of quaternary nitrogens is 1. The Kier molecular flexibility index (Phi) is 9.61. The summed E-state index contributed by atoms with van der Waals surface area (Å²) in [5.41, 5.74) is 6.41. The summed E-state index contributed by atoms with van der Waals surface area (Å²) in [7, 11) is 1.61. The van der Waals surface area contributed by atoms with Gasteiger partial charge in [0.05, 0.1) is 24.4 Å². The molecule has 0 spiro atoms. The number of halogens is 2. The molecule has 10 heteroatoms. The maximum Gasteiger partial charge on any atom is 0.328 e. The van der Waals surface area contributed by atoms with Crippen molar-refractivity contribution in [2.24, 2.45) is 5.92 Å². The number of benzene rings is 3. The summed E-state index contributed by atoms with van der Waals surface area (Å²) in [6, 6.07) is 15.7. The number of ether oxygens (including phenoxy) is 1. The van der Waals surface area contributed by atoms with E-state index in [0.29, 0.717) is 33.6 Å². The first kappa shape index (κ1) is 31.1. The number of nitrogens with one attached hydrogen (secondary N) is 3. The molecule has 3 aromatic carbocycles. The maximum atomic E-state index is 13.7. The van der Waals surface area contributed by atoms with Crippen LogP contribution in [0.3, 0.4) is 0 Å². The molecule has 3 amide bonds. The van der Waals surface area contributed by atoms with Gasteiger partial charge in [-0.15, -0.1) is 0 Å². The fraction of sp³-hybridized carbons (Fsp3) is 0.281. The lowest BCUT2D eigenvalue weighted by molar-refractivity contribution is -0.526. The van der Waals surface area contributed by atoms with Crippen LogP contribution in [-0.2, 0) is 11.3 Å².